The SMILES string of the molecule is C[Si](C)(C)C(c1ccccc1)c1ccc(-c2cccc(O)c2)cc1. The van der Waals surface area contributed by atoms with Crippen LogP contribution in [0.5, 0.6) is 5.75 Å². The topological polar surface area (TPSA) is 20.2 Å². The molecule has 0 radical (unpaired) electrons. The Balaban J connectivity index is 1.98. The molecule has 0 heterocycles. The molecule has 2 heteroatoms. The van der Waals surface area contributed by atoms with E-state index in [0.717, 1.165) is 11.1 Å². The molecule has 0 aliphatic carbocycles. The van der Waals surface area contributed by atoms with Crippen molar-refractivity contribution in [1.82, 2.24) is 0 Å². The van der Waals surface area contributed by atoms with Gasteiger partial charge in [0.15, 0.2) is 0 Å². The average molecular weight is 333 g/mol. The van der Waals surface area contributed by atoms with Crippen LogP contribution in [0.1, 0.15) is 16.7 Å². The second-order valence-corrected chi connectivity index (χ2v) is 12.7. The van der Waals surface area contributed by atoms with Gasteiger partial charge in [0.25, 0.3) is 0 Å². The molecule has 3 rings (SSSR count). The number of benzene rings is 3. The fourth-order valence-corrected chi connectivity index (χ4v) is 5.78. The van der Waals surface area contributed by atoms with Gasteiger partial charge in [-0.2, -0.15) is 0 Å². The first-order valence-corrected chi connectivity index (χ1v) is 12.0. The maximum absolute atomic E-state index is 9.68. The molecule has 3 aromatic rings. The predicted molar refractivity (Wildman–Crippen MR) is 105 cm³/mol. The molecule has 0 bridgehead atoms. The quantitative estimate of drug-likeness (QED) is 0.575. The highest BCUT2D eigenvalue weighted by Gasteiger charge is 2.29. The lowest BCUT2D eigenvalue weighted by atomic mass is 9.99. The molecule has 24 heavy (non-hydrogen) atoms. The van der Waals surface area contributed by atoms with Gasteiger partial charge < -0.3 is 5.11 Å². The molecule has 3 aromatic carbocycles. The van der Waals surface area contributed by atoms with Crippen molar-refractivity contribution in [3.8, 4) is 16.9 Å². The lowest BCUT2D eigenvalue weighted by Crippen LogP contribution is -2.31. The molecule has 1 unspecified atom stereocenters. The normalized spacial score (nSPS) is 12.8. The van der Waals surface area contributed by atoms with Crippen molar-refractivity contribution < 1.29 is 5.11 Å². The van der Waals surface area contributed by atoms with Gasteiger partial charge >= 0.3 is 0 Å². The third kappa shape index (κ3) is 3.60. The molecule has 0 fully saturated rings. The van der Waals surface area contributed by atoms with Gasteiger partial charge in [-0.25, -0.2) is 0 Å². The first-order valence-electron chi connectivity index (χ1n) is 8.39. The van der Waals surface area contributed by atoms with Crippen LogP contribution >= 0.6 is 0 Å². The fraction of sp³-hybridized carbons (Fsp3) is 0.182. The van der Waals surface area contributed by atoms with E-state index >= 15 is 0 Å². The van der Waals surface area contributed by atoms with E-state index in [9.17, 15) is 5.11 Å². The van der Waals surface area contributed by atoms with Crippen LogP contribution in [0.2, 0.25) is 19.6 Å². The van der Waals surface area contributed by atoms with E-state index in [-0.39, 0.29) is 0 Å². The van der Waals surface area contributed by atoms with E-state index < -0.39 is 8.07 Å². The van der Waals surface area contributed by atoms with Gasteiger partial charge in [0, 0.05) is 5.54 Å². The smallest absolute Gasteiger partial charge is 0.116 e. The molecule has 0 aliphatic heterocycles. The van der Waals surface area contributed by atoms with Gasteiger partial charge in [0.05, 0.1) is 8.07 Å². The van der Waals surface area contributed by atoms with Crippen molar-refractivity contribution in [2.75, 3.05) is 0 Å². The average Bonchev–Trinajstić information content (AvgIpc) is 2.55. The number of rotatable bonds is 4. The Kier molecular flexibility index (Phi) is 4.59. The molecule has 1 nitrogen and oxygen atoms in total. The van der Waals surface area contributed by atoms with Crippen LogP contribution in [0, 0.1) is 0 Å². The summed E-state index contributed by atoms with van der Waals surface area (Å²) in [4.78, 5) is 0. The van der Waals surface area contributed by atoms with Crippen LogP contribution in [0.3, 0.4) is 0 Å². The van der Waals surface area contributed by atoms with Gasteiger partial charge in [0.2, 0.25) is 0 Å². The van der Waals surface area contributed by atoms with E-state index in [4.69, 9.17) is 0 Å². The minimum Gasteiger partial charge on any atom is -0.508 e. The Hall–Kier alpha value is -2.32. The first kappa shape index (κ1) is 16.5. The largest absolute Gasteiger partial charge is 0.508 e. The van der Waals surface area contributed by atoms with Crippen LogP contribution in [0.15, 0.2) is 78.9 Å². The zero-order chi connectivity index (χ0) is 17.2. The van der Waals surface area contributed by atoms with Crippen LogP contribution in [0.4, 0.5) is 0 Å². The zero-order valence-electron chi connectivity index (χ0n) is 14.5. The van der Waals surface area contributed by atoms with E-state index in [1.54, 1.807) is 6.07 Å². The Morgan fingerprint density at radius 2 is 1.29 bits per heavy atom. The van der Waals surface area contributed by atoms with E-state index in [0.29, 0.717) is 11.3 Å². The van der Waals surface area contributed by atoms with E-state index in [1.807, 2.05) is 18.2 Å². The summed E-state index contributed by atoms with van der Waals surface area (Å²) in [5.74, 6) is 0.306. The molecule has 0 amide bonds. The van der Waals surface area contributed by atoms with E-state index in [1.165, 1.54) is 11.1 Å². The van der Waals surface area contributed by atoms with Gasteiger partial charge in [0.1, 0.15) is 5.75 Å². The van der Waals surface area contributed by atoms with Crippen molar-refractivity contribution in [3.05, 3.63) is 90.0 Å². The zero-order valence-corrected chi connectivity index (χ0v) is 15.5. The summed E-state index contributed by atoms with van der Waals surface area (Å²) in [6.07, 6.45) is 0. The van der Waals surface area contributed by atoms with Gasteiger partial charge in [-0.05, 0) is 34.4 Å². The molecule has 0 spiro atoms. The second-order valence-electron chi connectivity index (χ2n) is 7.38. The first-order chi connectivity index (χ1) is 11.4. The monoisotopic (exact) mass is 332 g/mol. The molecule has 1 atom stereocenters. The molecule has 0 aliphatic rings. The van der Waals surface area contributed by atoms with Gasteiger partial charge in [-0.15, -0.1) is 0 Å². The lowest BCUT2D eigenvalue weighted by Gasteiger charge is -2.30. The Bertz CT molecular complexity index is 801. The third-order valence-electron chi connectivity index (χ3n) is 4.42. The number of hydrogen-bond acceptors (Lipinski definition) is 1. The Labute approximate surface area is 145 Å². The molecule has 0 aromatic heterocycles. The van der Waals surface area contributed by atoms with E-state index in [2.05, 4.69) is 74.2 Å². The highest BCUT2D eigenvalue weighted by atomic mass is 28.3. The van der Waals surface area contributed by atoms with Crippen molar-refractivity contribution in [3.63, 3.8) is 0 Å². The highest BCUT2D eigenvalue weighted by Crippen LogP contribution is 2.35. The molecular formula is C22H24OSi. The molecule has 0 saturated carbocycles. The molecule has 1 N–H and O–H groups in total. The summed E-state index contributed by atoms with van der Waals surface area (Å²) in [6.45, 7) is 7.27. The minimum atomic E-state index is -1.41. The standard InChI is InChI=1S/C22H24OSi/c1-24(2,3)22(18-8-5-4-6-9-18)19-14-12-17(13-15-19)20-10-7-11-21(23)16-20/h4-16,22-23H,1-3H3. The summed E-state index contributed by atoms with van der Waals surface area (Å²) in [5, 5.41) is 9.68. The molecule has 122 valence electrons. The molecular weight excluding hydrogens is 308 g/mol. The van der Waals surface area contributed by atoms with Crippen molar-refractivity contribution in [1.29, 1.82) is 0 Å². The Morgan fingerprint density at radius 1 is 0.667 bits per heavy atom. The van der Waals surface area contributed by atoms with Crippen molar-refractivity contribution >= 4 is 8.07 Å². The van der Waals surface area contributed by atoms with Crippen LogP contribution in [-0.4, -0.2) is 13.2 Å². The molecule has 0 saturated heterocycles. The second kappa shape index (κ2) is 6.66. The maximum Gasteiger partial charge on any atom is 0.116 e. The summed E-state index contributed by atoms with van der Waals surface area (Å²) < 4.78 is 0. The van der Waals surface area contributed by atoms with Crippen molar-refractivity contribution in [2.24, 2.45) is 0 Å². The minimum absolute atomic E-state index is 0.306. The van der Waals surface area contributed by atoms with Crippen molar-refractivity contribution in [2.45, 2.75) is 25.2 Å². The number of phenols is 1. The predicted octanol–water partition coefficient (Wildman–Crippen LogP) is 6.07. The van der Waals surface area contributed by atoms with Crippen LogP contribution in [-0.2, 0) is 0 Å². The maximum atomic E-state index is 9.68. The number of phenolic OH excluding ortho intramolecular Hbond substituents is 1. The summed E-state index contributed by atoms with van der Waals surface area (Å²) in [7, 11) is -1.41. The van der Waals surface area contributed by atoms with Crippen LogP contribution in [0.25, 0.3) is 11.1 Å². The summed E-state index contributed by atoms with van der Waals surface area (Å²) >= 11 is 0. The Morgan fingerprint density at radius 3 is 1.88 bits per heavy atom. The number of aromatic hydroxyl groups is 1. The summed E-state index contributed by atoms with van der Waals surface area (Å²) in [5.41, 5.74) is 5.45. The number of hydrogen-bond donors (Lipinski definition) is 1. The van der Waals surface area contributed by atoms with Gasteiger partial charge in [-0.1, -0.05) is 86.4 Å². The third-order valence-corrected chi connectivity index (χ3v) is 6.82. The van der Waals surface area contributed by atoms with Crippen LogP contribution < -0.4 is 0 Å². The highest BCUT2D eigenvalue weighted by molar-refractivity contribution is 6.78. The lowest BCUT2D eigenvalue weighted by molar-refractivity contribution is 0.475. The van der Waals surface area contributed by atoms with Gasteiger partial charge in [-0.3, -0.25) is 0 Å². The summed E-state index contributed by atoms with van der Waals surface area (Å²) in [6, 6.07) is 27.1. The fourth-order valence-electron chi connectivity index (χ4n) is 3.39.